The topological polar surface area (TPSA) is 49.3 Å². The van der Waals surface area contributed by atoms with Crippen molar-refractivity contribution in [1.82, 2.24) is 0 Å². The van der Waals surface area contributed by atoms with E-state index in [2.05, 4.69) is 11.4 Å². The third kappa shape index (κ3) is 3.56. The highest BCUT2D eigenvalue weighted by atomic mass is 19.1. The Hall–Kier alpha value is -1.84. The summed E-state index contributed by atoms with van der Waals surface area (Å²) in [7, 11) is 0. The van der Waals surface area contributed by atoms with Crippen LogP contribution < -0.4 is 5.32 Å². The molecule has 1 aliphatic carbocycles. The maximum absolute atomic E-state index is 13.5. The molecule has 0 bridgehead atoms. The van der Waals surface area contributed by atoms with Crippen LogP contribution in [0.5, 0.6) is 0 Å². The van der Waals surface area contributed by atoms with E-state index in [0.717, 1.165) is 25.3 Å². The van der Waals surface area contributed by atoms with Crippen LogP contribution in [-0.4, -0.2) is 17.6 Å². The first-order chi connectivity index (χ1) is 9.18. The van der Waals surface area contributed by atoms with Gasteiger partial charge in [-0.1, -0.05) is 17.7 Å². The first-order valence-corrected chi connectivity index (χ1v) is 6.62. The molecule has 0 amide bonds. The van der Waals surface area contributed by atoms with Gasteiger partial charge in [-0.25, -0.2) is 9.18 Å². The number of hydrogen-bond acceptors (Lipinski definition) is 2. The number of carboxylic acid groups (broad SMARTS) is 1. The SMILES string of the molecule is O=C(O)c1c(F)cccc1NCCC1=CCCCC1. The smallest absolute Gasteiger partial charge is 0.340 e. The van der Waals surface area contributed by atoms with Gasteiger partial charge in [0.1, 0.15) is 11.4 Å². The molecule has 0 spiro atoms. The summed E-state index contributed by atoms with van der Waals surface area (Å²) in [5.74, 6) is -1.94. The maximum atomic E-state index is 13.5. The average molecular weight is 263 g/mol. The van der Waals surface area contributed by atoms with E-state index in [1.165, 1.54) is 24.5 Å². The Morgan fingerprint density at radius 3 is 2.89 bits per heavy atom. The molecule has 0 atom stereocenters. The third-order valence-electron chi connectivity index (χ3n) is 3.37. The molecule has 102 valence electrons. The van der Waals surface area contributed by atoms with Gasteiger partial charge in [-0.15, -0.1) is 0 Å². The Labute approximate surface area is 112 Å². The van der Waals surface area contributed by atoms with E-state index >= 15 is 0 Å². The molecular formula is C15H18FNO2. The molecule has 1 aromatic carbocycles. The van der Waals surface area contributed by atoms with Crippen molar-refractivity contribution < 1.29 is 14.3 Å². The number of rotatable bonds is 5. The van der Waals surface area contributed by atoms with Crippen molar-refractivity contribution in [2.24, 2.45) is 0 Å². The molecule has 0 fully saturated rings. The molecule has 0 saturated carbocycles. The number of benzene rings is 1. The summed E-state index contributed by atoms with van der Waals surface area (Å²) in [4.78, 5) is 11.0. The summed E-state index contributed by atoms with van der Waals surface area (Å²) in [6, 6.07) is 4.28. The average Bonchev–Trinajstić information content (AvgIpc) is 2.39. The van der Waals surface area contributed by atoms with Crippen molar-refractivity contribution in [2.75, 3.05) is 11.9 Å². The fourth-order valence-electron chi connectivity index (χ4n) is 2.38. The van der Waals surface area contributed by atoms with Crippen LogP contribution in [0.3, 0.4) is 0 Å². The zero-order valence-corrected chi connectivity index (χ0v) is 10.8. The molecule has 2 N–H and O–H groups in total. The molecule has 0 heterocycles. The summed E-state index contributed by atoms with van der Waals surface area (Å²) in [6.07, 6.45) is 7.88. The second-order valence-electron chi connectivity index (χ2n) is 4.75. The van der Waals surface area contributed by atoms with Gasteiger partial charge in [0.05, 0.1) is 5.69 Å². The predicted molar refractivity (Wildman–Crippen MR) is 73.0 cm³/mol. The Morgan fingerprint density at radius 1 is 1.37 bits per heavy atom. The Kier molecular flexibility index (Phi) is 4.55. The van der Waals surface area contributed by atoms with Crippen molar-refractivity contribution in [3.05, 3.63) is 41.2 Å². The number of anilines is 1. The second kappa shape index (κ2) is 6.36. The van der Waals surface area contributed by atoms with E-state index in [1.807, 2.05) is 0 Å². The van der Waals surface area contributed by atoms with E-state index in [1.54, 1.807) is 6.07 Å². The lowest BCUT2D eigenvalue weighted by atomic mass is 9.97. The molecule has 2 rings (SSSR count). The molecule has 0 aliphatic heterocycles. The Balaban J connectivity index is 1.97. The summed E-state index contributed by atoms with van der Waals surface area (Å²) in [5.41, 5.74) is 1.48. The summed E-state index contributed by atoms with van der Waals surface area (Å²) >= 11 is 0. The van der Waals surface area contributed by atoms with Crippen molar-refractivity contribution in [2.45, 2.75) is 32.1 Å². The van der Waals surface area contributed by atoms with Crippen LogP contribution >= 0.6 is 0 Å². The molecular weight excluding hydrogens is 245 g/mol. The quantitative estimate of drug-likeness (QED) is 0.794. The maximum Gasteiger partial charge on any atom is 0.340 e. The van der Waals surface area contributed by atoms with Gasteiger partial charge in [0.15, 0.2) is 0 Å². The van der Waals surface area contributed by atoms with Crippen LogP contribution in [0.25, 0.3) is 0 Å². The summed E-state index contributed by atoms with van der Waals surface area (Å²) in [6.45, 7) is 0.634. The lowest BCUT2D eigenvalue weighted by Crippen LogP contribution is -2.10. The number of carbonyl (C=O) groups is 1. The van der Waals surface area contributed by atoms with Crippen LogP contribution in [0.1, 0.15) is 42.5 Å². The van der Waals surface area contributed by atoms with E-state index in [9.17, 15) is 9.18 Å². The number of allylic oxidation sites excluding steroid dienone is 1. The lowest BCUT2D eigenvalue weighted by molar-refractivity contribution is 0.0693. The fraction of sp³-hybridized carbons (Fsp3) is 0.400. The predicted octanol–water partition coefficient (Wildman–Crippen LogP) is 3.83. The van der Waals surface area contributed by atoms with Gasteiger partial charge in [-0.3, -0.25) is 0 Å². The molecule has 0 aromatic heterocycles. The largest absolute Gasteiger partial charge is 0.478 e. The van der Waals surface area contributed by atoms with Crippen LogP contribution in [0, 0.1) is 5.82 Å². The Bertz CT molecular complexity index is 497. The van der Waals surface area contributed by atoms with Gasteiger partial charge < -0.3 is 10.4 Å². The van der Waals surface area contributed by atoms with Crippen LogP contribution in [-0.2, 0) is 0 Å². The van der Waals surface area contributed by atoms with E-state index in [-0.39, 0.29) is 5.56 Å². The van der Waals surface area contributed by atoms with Gasteiger partial charge >= 0.3 is 5.97 Å². The van der Waals surface area contributed by atoms with E-state index in [0.29, 0.717) is 12.2 Å². The lowest BCUT2D eigenvalue weighted by Gasteiger charge is -2.14. The van der Waals surface area contributed by atoms with Crippen molar-refractivity contribution in [1.29, 1.82) is 0 Å². The van der Waals surface area contributed by atoms with E-state index in [4.69, 9.17) is 5.11 Å². The van der Waals surface area contributed by atoms with Crippen molar-refractivity contribution in [3.8, 4) is 0 Å². The fourth-order valence-corrected chi connectivity index (χ4v) is 2.38. The molecule has 1 aliphatic rings. The first kappa shape index (κ1) is 13.6. The van der Waals surface area contributed by atoms with Crippen molar-refractivity contribution >= 4 is 11.7 Å². The van der Waals surface area contributed by atoms with Crippen LogP contribution in [0.2, 0.25) is 0 Å². The minimum atomic E-state index is -1.24. The number of aromatic carboxylic acids is 1. The number of nitrogens with one attached hydrogen (secondary N) is 1. The monoisotopic (exact) mass is 263 g/mol. The zero-order valence-electron chi connectivity index (χ0n) is 10.8. The Morgan fingerprint density at radius 2 is 2.21 bits per heavy atom. The highest BCUT2D eigenvalue weighted by Gasteiger charge is 2.15. The van der Waals surface area contributed by atoms with E-state index < -0.39 is 11.8 Å². The molecule has 0 saturated heterocycles. The van der Waals surface area contributed by atoms with Gasteiger partial charge in [-0.2, -0.15) is 0 Å². The summed E-state index contributed by atoms with van der Waals surface area (Å²) < 4.78 is 13.5. The first-order valence-electron chi connectivity index (χ1n) is 6.62. The summed E-state index contributed by atoms with van der Waals surface area (Å²) in [5, 5.41) is 12.0. The van der Waals surface area contributed by atoms with Gasteiger partial charge in [0, 0.05) is 6.54 Å². The minimum absolute atomic E-state index is 0.278. The molecule has 1 aromatic rings. The third-order valence-corrected chi connectivity index (χ3v) is 3.37. The minimum Gasteiger partial charge on any atom is -0.478 e. The highest BCUT2D eigenvalue weighted by molar-refractivity contribution is 5.94. The number of hydrogen-bond donors (Lipinski definition) is 2. The highest BCUT2D eigenvalue weighted by Crippen LogP contribution is 2.22. The van der Waals surface area contributed by atoms with Gasteiger partial charge in [-0.05, 0) is 44.2 Å². The standard InChI is InChI=1S/C15H18FNO2/c16-12-7-4-8-13(14(12)15(18)19)17-10-9-11-5-2-1-3-6-11/h4-5,7-8,17H,1-3,6,9-10H2,(H,18,19). The molecule has 0 radical (unpaired) electrons. The number of carboxylic acids is 1. The van der Waals surface area contributed by atoms with Gasteiger partial charge in [0.2, 0.25) is 0 Å². The molecule has 3 nitrogen and oxygen atoms in total. The normalized spacial score (nSPS) is 14.9. The van der Waals surface area contributed by atoms with Crippen LogP contribution in [0.4, 0.5) is 10.1 Å². The van der Waals surface area contributed by atoms with Crippen LogP contribution in [0.15, 0.2) is 29.8 Å². The zero-order chi connectivity index (χ0) is 13.7. The second-order valence-corrected chi connectivity index (χ2v) is 4.75. The van der Waals surface area contributed by atoms with Crippen molar-refractivity contribution in [3.63, 3.8) is 0 Å². The molecule has 4 heteroatoms. The molecule has 19 heavy (non-hydrogen) atoms. The van der Waals surface area contributed by atoms with Gasteiger partial charge in [0.25, 0.3) is 0 Å². The number of halogens is 1. The molecule has 0 unspecified atom stereocenters.